The highest BCUT2D eigenvalue weighted by Gasteiger charge is 2.14. The predicted octanol–water partition coefficient (Wildman–Crippen LogP) is 5.53. The molecule has 2 aromatic rings. The Labute approximate surface area is 129 Å². The third kappa shape index (κ3) is 4.11. The minimum absolute atomic E-state index is 0.317. The van der Waals surface area contributed by atoms with E-state index in [4.69, 9.17) is 0 Å². The van der Waals surface area contributed by atoms with Gasteiger partial charge in [-0.3, -0.25) is 0 Å². The highest BCUT2D eigenvalue weighted by Crippen LogP contribution is 2.34. The zero-order valence-electron chi connectivity index (χ0n) is 12.5. The Morgan fingerprint density at radius 2 is 1.90 bits per heavy atom. The smallest absolute Gasteiger partial charge is 0.134 e. The molecule has 21 heavy (non-hydrogen) atoms. The van der Waals surface area contributed by atoms with Crippen molar-refractivity contribution in [2.75, 3.05) is 6.54 Å². The maximum absolute atomic E-state index is 13.8. The molecular formula is C17H21F2NS. The number of hydrogen-bond donors (Lipinski definition) is 1. The molecule has 0 fully saturated rings. The summed E-state index contributed by atoms with van der Waals surface area (Å²) < 4.78 is 26.8. The van der Waals surface area contributed by atoms with Gasteiger partial charge < -0.3 is 5.32 Å². The molecule has 1 atom stereocenters. The van der Waals surface area contributed by atoms with E-state index in [9.17, 15) is 8.78 Å². The molecule has 0 aliphatic carbocycles. The molecule has 1 unspecified atom stereocenters. The van der Waals surface area contributed by atoms with E-state index >= 15 is 0 Å². The number of nitrogens with one attached hydrogen (secondary N) is 1. The Hall–Kier alpha value is -1.26. The normalized spacial score (nSPS) is 12.6. The van der Waals surface area contributed by atoms with Crippen molar-refractivity contribution < 1.29 is 8.78 Å². The number of rotatable bonds is 7. The zero-order valence-corrected chi connectivity index (χ0v) is 13.3. The van der Waals surface area contributed by atoms with Gasteiger partial charge in [0.05, 0.1) is 0 Å². The van der Waals surface area contributed by atoms with E-state index in [-0.39, 0.29) is 0 Å². The van der Waals surface area contributed by atoms with Crippen LogP contribution >= 0.6 is 11.3 Å². The van der Waals surface area contributed by atoms with Gasteiger partial charge in [0.15, 0.2) is 0 Å². The van der Waals surface area contributed by atoms with Crippen molar-refractivity contribution in [2.24, 2.45) is 0 Å². The van der Waals surface area contributed by atoms with E-state index in [1.165, 1.54) is 17.0 Å². The predicted molar refractivity (Wildman–Crippen MR) is 85.6 cm³/mol. The summed E-state index contributed by atoms with van der Waals surface area (Å²) in [4.78, 5) is 2.06. The Kier molecular flexibility index (Phi) is 5.88. The molecule has 1 aromatic carbocycles. The summed E-state index contributed by atoms with van der Waals surface area (Å²) in [6, 6.07) is 8.04. The summed E-state index contributed by atoms with van der Waals surface area (Å²) in [6.45, 7) is 5.28. The van der Waals surface area contributed by atoms with Crippen LogP contribution in [0.2, 0.25) is 0 Å². The van der Waals surface area contributed by atoms with Gasteiger partial charge in [0, 0.05) is 27.4 Å². The van der Waals surface area contributed by atoms with E-state index in [1.54, 1.807) is 11.3 Å². The van der Waals surface area contributed by atoms with Gasteiger partial charge >= 0.3 is 0 Å². The third-order valence-electron chi connectivity index (χ3n) is 3.38. The average Bonchev–Trinajstić information content (AvgIpc) is 2.93. The number of hydrogen-bond acceptors (Lipinski definition) is 2. The van der Waals surface area contributed by atoms with Crippen molar-refractivity contribution in [2.45, 2.75) is 39.2 Å². The molecule has 1 nitrogen and oxygen atoms in total. The van der Waals surface area contributed by atoms with E-state index in [0.717, 1.165) is 36.8 Å². The average molecular weight is 309 g/mol. The first-order valence-electron chi connectivity index (χ1n) is 7.44. The zero-order chi connectivity index (χ0) is 15.2. The van der Waals surface area contributed by atoms with Crippen molar-refractivity contribution in [3.8, 4) is 10.4 Å². The van der Waals surface area contributed by atoms with Gasteiger partial charge in [-0.15, -0.1) is 11.3 Å². The summed E-state index contributed by atoms with van der Waals surface area (Å²) in [5, 5.41) is 3.53. The van der Waals surface area contributed by atoms with Crippen LogP contribution in [-0.2, 0) is 0 Å². The molecule has 0 saturated carbocycles. The highest BCUT2D eigenvalue weighted by molar-refractivity contribution is 7.15. The lowest BCUT2D eigenvalue weighted by molar-refractivity contribution is 0.501. The first kappa shape index (κ1) is 16.1. The second-order valence-corrected chi connectivity index (χ2v) is 6.24. The molecule has 4 heteroatoms. The molecule has 0 spiro atoms. The molecule has 114 valence electrons. The summed E-state index contributed by atoms with van der Waals surface area (Å²) in [6.07, 6.45) is 3.25. The summed E-state index contributed by atoms with van der Waals surface area (Å²) in [7, 11) is 0. The lowest BCUT2D eigenvalue weighted by Gasteiger charge is -2.16. The fraction of sp³-hybridized carbons (Fsp3) is 0.412. The fourth-order valence-electron chi connectivity index (χ4n) is 2.33. The lowest BCUT2D eigenvalue weighted by Crippen LogP contribution is -2.21. The summed E-state index contributed by atoms with van der Waals surface area (Å²) in [5.41, 5.74) is 0.471. The largest absolute Gasteiger partial charge is 0.309 e. The topological polar surface area (TPSA) is 12.0 Å². The standard InChI is InChI=1S/C17H21F2NS/c1-3-5-15(20-10-4-2)17-9-8-16(21-17)13-7-6-12(18)11-14(13)19/h6-9,11,15,20H,3-5,10H2,1-2H3. The van der Waals surface area contributed by atoms with Gasteiger partial charge in [-0.1, -0.05) is 20.3 Å². The van der Waals surface area contributed by atoms with Crippen LogP contribution in [0.1, 0.15) is 44.0 Å². The minimum Gasteiger partial charge on any atom is -0.309 e. The monoisotopic (exact) mass is 309 g/mol. The second kappa shape index (κ2) is 7.66. The van der Waals surface area contributed by atoms with Crippen LogP contribution in [0.3, 0.4) is 0 Å². The summed E-state index contributed by atoms with van der Waals surface area (Å²) in [5.74, 6) is -1.04. The molecule has 1 aromatic heterocycles. The number of thiophene rings is 1. The van der Waals surface area contributed by atoms with Gasteiger partial charge in [-0.05, 0) is 43.7 Å². The molecule has 1 N–H and O–H groups in total. The molecule has 1 heterocycles. The van der Waals surface area contributed by atoms with E-state index < -0.39 is 11.6 Å². The van der Waals surface area contributed by atoms with Crippen molar-refractivity contribution in [3.05, 3.63) is 46.8 Å². The number of benzene rings is 1. The van der Waals surface area contributed by atoms with Crippen LogP contribution in [0.25, 0.3) is 10.4 Å². The Bertz CT molecular complexity index is 580. The van der Waals surface area contributed by atoms with Crippen LogP contribution in [-0.4, -0.2) is 6.54 Å². The van der Waals surface area contributed by atoms with Gasteiger partial charge in [0.1, 0.15) is 11.6 Å². The van der Waals surface area contributed by atoms with Crippen molar-refractivity contribution in [1.82, 2.24) is 5.32 Å². The van der Waals surface area contributed by atoms with E-state index in [2.05, 4.69) is 19.2 Å². The van der Waals surface area contributed by atoms with Crippen LogP contribution in [0, 0.1) is 11.6 Å². The van der Waals surface area contributed by atoms with Gasteiger partial charge in [0.2, 0.25) is 0 Å². The Balaban J connectivity index is 2.22. The van der Waals surface area contributed by atoms with Crippen LogP contribution in [0.15, 0.2) is 30.3 Å². The van der Waals surface area contributed by atoms with Crippen LogP contribution in [0.4, 0.5) is 8.78 Å². The summed E-state index contributed by atoms with van der Waals surface area (Å²) >= 11 is 1.58. The third-order valence-corrected chi connectivity index (χ3v) is 4.62. The molecule has 0 aliphatic rings. The first-order valence-corrected chi connectivity index (χ1v) is 8.25. The minimum atomic E-state index is -0.540. The van der Waals surface area contributed by atoms with Crippen LogP contribution in [0.5, 0.6) is 0 Å². The van der Waals surface area contributed by atoms with Crippen molar-refractivity contribution in [3.63, 3.8) is 0 Å². The Morgan fingerprint density at radius 1 is 1.10 bits per heavy atom. The molecule has 0 radical (unpaired) electrons. The first-order chi connectivity index (χ1) is 10.2. The van der Waals surface area contributed by atoms with E-state index in [0.29, 0.717) is 11.6 Å². The van der Waals surface area contributed by atoms with Crippen LogP contribution < -0.4 is 5.32 Å². The highest BCUT2D eigenvalue weighted by atomic mass is 32.1. The maximum Gasteiger partial charge on any atom is 0.134 e. The second-order valence-electron chi connectivity index (χ2n) is 5.12. The van der Waals surface area contributed by atoms with Crippen molar-refractivity contribution in [1.29, 1.82) is 0 Å². The molecule has 0 amide bonds. The molecule has 2 rings (SSSR count). The van der Waals surface area contributed by atoms with Gasteiger partial charge in [-0.2, -0.15) is 0 Å². The molecular weight excluding hydrogens is 288 g/mol. The molecule has 0 bridgehead atoms. The Morgan fingerprint density at radius 3 is 2.57 bits per heavy atom. The molecule has 0 saturated heterocycles. The van der Waals surface area contributed by atoms with Gasteiger partial charge in [-0.25, -0.2) is 8.78 Å². The maximum atomic E-state index is 13.8. The lowest BCUT2D eigenvalue weighted by atomic mass is 10.1. The van der Waals surface area contributed by atoms with E-state index in [1.807, 2.05) is 12.1 Å². The SMILES string of the molecule is CCCNC(CCC)c1ccc(-c2ccc(F)cc2F)s1. The van der Waals surface area contributed by atoms with Gasteiger partial charge in [0.25, 0.3) is 0 Å². The quantitative estimate of drug-likeness (QED) is 0.708. The molecule has 0 aliphatic heterocycles. The van der Waals surface area contributed by atoms with Crippen molar-refractivity contribution >= 4 is 11.3 Å². The number of halogens is 2. The fourth-order valence-corrected chi connectivity index (χ4v) is 3.47.